The van der Waals surface area contributed by atoms with Crippen LogP contribution in [0, 0.1) is 5.82 Å². The summed E-state index contributed by atoms with van der Waals surface area (Å²) in [6, 6.07) is 6.01. The van der Waals surface area contributed by atoms with E-state index in [0.717, 1.165) is 18.2 Å². The zero-order valence-corrected chi connectivity index (χ0v) is 14.2. The summed E-state index contributed by atoms with van der Waals surface area (Å²) in [5, 5.41) is 2.94. The Bertz CT molecular complexity index is 854. The maximum absolute atomic E-state index is 13.1. The Hall–Kier alpha value is -2.74. The Labute approximate surface area is 148 Å². The first-order valence-corrected chi connectivity index (χ1v) is 8.82. The van der Waals surface area contributed by atoms with Crippen LogP contribution in [0.2, 0.25) is 0 Å². The zero-order chi connectivity index (χ0) is 17.2. The molecule has 4 rings (SSSR count). The molecule has 1 amide bonds. The first-order chi connectivity index (χ1) is 12.2. The molecule has 2 aromatic heterocycles. The lowest BCUT2D eigenvalue weighted by Crippen LogP contribution is -2.49. The maximum atomic E-state index is 13.1. The monoisotopic (exact) mass is 357 g/mol. The molecular weight excluding hydrogens is 341 g/mol. The fourth-order valence-corrected chi connectivity index (χ4v) is 3.59. The van der Waals surface area contributed by atoms with Crippen molar-refractivity contribution in [2.75, 3.05) is 31.1 Å². The lowest BCUT2D eigenvalue weighted by atomic mass is 10.2. The van der Waals surface area contributed by atoms with Gasteiger partial charge in [-0.2, -0.15) is 0 Å². The van der Waals surface area contributed by atoms with Gasteiger partial charge in [0.1, 0.15) is 11.5 Å². The number of halogens is 1. The number of rotatable bonds is 3. The molecule has 128 valence electrons. The standard InChI is InChI=1S/C17H16FN5OS/c18-13-1-3-14(4-2-13)23-12-19-11-15(23)16(24)21-6-8-22(9-7-21)17-20-5-10-25-17/h1-5,10-12H,6-9H2. The average Bonchev–Trinajstić information content (AvgIpc) is 3.34. The molecule has 0 unspecified atom stereocenters. The summed E-state index contributed by atoms with van der Waals surface area (Å²) in [6.45, 7) is 2.77. The zero-order valence-electron chi connectivity index (χ0n) is 13.4. The van der Waals surface area contributed by atoms with E-state index in [-0.39, 0.29) is 11.7 Å². The molecule has 0 aliphatic carbocycles. The molecule has 0 radical (unpaired) electrons. The van der Waals surface area contributed by atoms with Crippen molar-refractivity contribution in [1.82, 2.24) is 19.4 Å². The van der Waals surface area contributed by atoms with E-state index in [2.05, 4.69) is 14.9 Å². The lowest BCUT2D eigenvalue weighted by Gasteiger charge is -2.34. The SMILES string of the molecule is O=C(c1cncn1-c1ccc(F)cc1)N1CCN(c2nccs2)CC1. The number of thiazole rings is 1. The van der Waals surface area contributed by atoms with Gasteiger partial charge in [0, 0.05) is 43.4 Å². The molecule has 3 aromatic rings. The van der Waals surface area contributed by atoms with Crippen molar-refractivity contribution in [2.24, 2.45) is 0 Å². The van der Waals surface area contributed by atoms with Gasteiger partial charge in [-0.25, -0.2) is 14.4 Å². The minimum absolute atomic E-state index is 0.0689. The van der Waals surface area contributed by atoms with Gasteiger partial charge in [-0.3, -0.25) is 9.36 Å². The largest absolute Gasteiger partial charge is 0.345 e. The Morgan fingerprint density at radius 1 is 1.12 bits per heavy atom. The lowest BCUT2D eigenvalue weighted by molar-refractivity contribution is 0.0738. The molecule has 1 aromatic carbocycles. The Morgan fingerprint density at radius 2 is 1.88 bits per heavy atom. The third-order valence-corrected chi connectivity index (χ3v) is 5.05. The molecule has 0 atom stereocenters. The van der Waals surface area contributed by atoms with Crippen LogP contribution in [-0.4, -0.2) is 51.5 Å². The summed E-state index contributed by atoms with van der Waals surface area (Å²) in [4.78, 5) is 25.3. The van der Waals surface area contributed by atoms with Gasteiger partial charge in [0.15, 0.2) is 5.13 Å². The van der Waals surface area contributed by atoms with Gasteiger partial charge in [-0.1, -0.05) is 0 Å². The number of anilines is 1. The van der Waals surface area contributed by atoms with Gasteiger partial charge in [0.25, 0.3) is 5.91 Å². The highest BCUT2D eigenvalue weighted by Crippen LogP contribution is 2.20. The molecule has 0 saturated carbocycles. The fraction of sp³-hybridized carbons (Fsp3) is 0.235. The number of hydrogen-bond acceptors (Lipinski definition) is 5. The Kier molecular flexibility index (Phi) is 4.19. The van der Waals surface area contributed by atoms with Crippen molar-refractivity contribution < 1.29 is 9.18 Å². The van der Waals surface area contributed by atoms with Crippen LogP contribution in [0.5, 0.6) is 0 Å². The molecular formula is C17H16FN5OS. The van der Waals surface area contributed by atoms with Crippen LogP contribution in [0.3, 0.4) is 0 Å². The van der Waals surface area contributed by atoms with Gasteiger partial charge < -0.3 is 9.80 Å². The van der Waals surface area contributed by atoms with Crippen LogP contribution in [0.25, 0.3) is 5.69 Å². The van der Waals surface area contributed by atoms with Crippen LogP contribution in [0.4, 0.5) is 9.52 Å². The third kappa shape index (κ3) is 3.12. The second kappa shape index (κ2) is 6.64. The number of imidazole rings is 1. The average molecular weight is 357 g/mol. The predicted octanol–water partition coefficient (Wildman–Crippen LogP) is 2.43. The summed E-state index contributed by atoms with van der Waals surface area (Å²) in [7, 11) is 0. The summed E-state index contributed by atoms with van der Waals surface area (Å²) in [5.41, 5.74) is 1.19. The number of nitrogens with zero attached hydrogens (tertiary/aromatic N) is 5. The van der Waals surface area contributed by atoms with Crippen molar-refractivity contribution in [3.05, 3.63) is 59.9 Å². The first kappa shape index (κ1) is 15.8. The van der Waals surface area contributed by atoms with E-state index < -0.39 is 0 Å². The van der Waals surface area contributed by atoms with Crippen molar-refractivity contribution in [3.63, 3.8) is 0 Å². The van der Waals surface area contributed by atoms with Crippen molar-refractivity contribution in [3.8, 4) is 5.69 Å². The number of aromatic nitrogens is 3. The Balaban J connectivity index is 1.49. The van der Waals surface area contributed by atoms with Crippen molar-refractivity contribution in [2.45, 2.75) is 0 Å². The molecule has 0 N–H and O–H groups in total. The van der Waals surface area contributed by atoms with Crippen LogP contribution >= 0.6 is 11.3 Å². The molecule has 25 heavy (non-hydrogen) atoms. The minimum Gasteiger partial charge on any atom is -0.345 e. The highest BCUT2D eigenvalue weighted by Gasteiger charge is 2.25. The van der Waals surface area contributed by atoms with E-state index in [1.807, 2.05) is 10.3 Å². The number of carbonyl (C=O) groups excluding carboxylic acids is 1. The highest BCUT2D eigenvalue weighted by molar-refractivity contribution is 7.13. The van der Waals surface area contributed by atoms with Crippen LogP contribution < -0.4 is 4.90 Å². The summed E-state index contributed by atoms with van der Waals surface area (Å²) < 4.78 is 14.8. The van der Waals surface area contributed by atoms with Crippen LogP contribution in [0.1, 0.15) is 10.5 Å². The Morgan fingerprint density at radius 3 is 2.56 bits per heavy atom. The highest BCUT2D eigenvalue weighted by atomic mass is 32.1. The maximum Gasteiger partial charge on any atom is 0.272 e. The second-order valence-corrected chi connectivity index (χ2v) is 6.59. The topological polar surface area (TPSA) is 54.3 Å². The summed E-state index contributed by atoms with van der Waals surface area (Å²) in [5.74, 6) is -0.379. The minimum atomic E-state index is -0.310. The number of benzene rings is 1. The molecule has 1 fully saturated rings. The second-order valence-electron chi connectivity index (χ2n) is 5.72. The van der Waals surface area contributed by atoms with Gasteiger partial charge in [0.05, 0.1) is 12.5 Å². The molecule has 1 aliphatic rings. The molecule has 0 bridgehead atoms. The van der Waals surface area contributed by atoms with E-state index in [9.17, 15) is 9.18 Å². The summed E-state index contributed by atoms with van der Waals surface area (Å²) >= 11 is 1.60. The van der Waals surface area contributed by atoms with Crippen molar-refractivity contribution >= 4 is 22.4 Å². The molecule has 3 heterocycles. The van der Waals surface area contributed by atoms with E-state index in [0.29, 0.717) is 24.5 Å². The molecule has 6 nitrogen and oxygen atoms in total. The third-order valence-electron chi connectivity index (χ3n) is 4.22. The van der Waals surface area contributed by atoms with Gasteiger partial charge in [0.2, 0.25) is 0 Å². The normalized spacial score (nSPS) is 14.8. The first-order valence-electron chi connectivity index (χ1n) is 7.94. The van der Waals surface area contributed by atoms with Gasteiger partial charge >= 0.3 is 0 Å². The number of carbonyl (C=O) groups is 1. The van der Waals surface area contributed by atoms with Crippen LogP contribution in [0.15, 0.2) is 48.4 Å². The fourth-order valence-electron chi connectivity index (χ4n) is 2.90. The van der Waals surface area contributed by atoms with E-state index in [1.54, 1.807) is 46.8 Å². The van der Waals surface area contributed by atoms with Gasteiger partial charge in [-0.15, -0.1) is 11.3 Å². The number of amides is 1. The van der Waals surface area contributed by atoms with E-state index in [4.69, 9.17) is 0 Å². The quantitative estimate of drug-likeness (QED) is 0.722. The summed E-state index contributed by atoms with van der Waals surface area (Å²) in [6.07, 6.45) is 4.92. The molecule has 8 heteroatoms. The van der Waals surface area contributed by atoms with Crippen molar-refractivity contribution in [1.29, 1.82) is 0 Å². The van der Waals surface area contributed by atoms with Crippen LogP contribution in [-0.2, 0) is 0 Å². The molecule has 1 aliphatic heterocycles. The van der Waals surface area contributed by atoms with Gasteiger partial charge in [-0.05, 0) is 24.3 Å². The smallest absolute Gasteiger partial charge is 0.272 e. The molecule has 0 spiro atoms. The van der Waals surface area contributed by atoms with E-state index in [1.165, 1.54) is 12.1 Å². The number of piperazine rings is 1. The predicted molar refractivity (Wildman–Crippen MR) is 93.8 cm³/mol. The molecule has 1 saturated heterocycles. The van der Waals surface area contributed by atoms with E-state index >= 15 is 0 Å². The number of hydrogen-bond donors (Lipinski definition) is 0.